The Balaban J connectivity index is 4.04. The molecule has 0 amide bonds. The van der Waals surface area contributed by atoms with Crippen molar-refractivity contribution in [3.05, 3.63) is 12.2 Å². The SMILES string of the molecule is O=C(O)CC(=O)C=CC(=O)CC(=O)O. The van der Waals surface area contributed by atoms with Crippen LogP contribution in [0.5, 0.6) is 0 Å². The second-order valence-electron chi connectivity index (χ2n) is 2.41. The van der Waals surface area contributed by atoms with Crippen molar-refractivity contribution in [2.45, 2.75) is 12.8 Å². The van der Waals surface area contributed by atoms with E-state index in [9.17, 15) is 19.2 Å². The molecule has 6 heteroatoms. The van der Waals surface area contributed by atoms with Crippen molar-refractivity contribution in [3.8, 4) is 0 Å². The summed E-state index contributed by atoms with van der Waals surface area (Å²) >= 11 is 0. The summed E-state index contributed by atoms with van der Waals surface area (Å²) in [7, 11) is 0. The fourth-order valence-electron chi connectivity index (χ4n) is 0.602. The normalized spacial score (nSPS) is 10.0. The quantitative estimate of drug-likeness (QED) is 0.447. The van der Waals surface area contributed by atoms with E-state index in [0.717, 1.165) is 12.2 Å². The second kappa shape index (κ2) is 5.63. The predicted molar refractivity (Wildman–Crippen MR) is 43.7 cm³/mol. The molecular weight excluding hydrogens is 192 g/mol. The van der Waals surface area contributed by atoms with Gasteiger partial charge in [0.25, 0.3) is 0 Å². The summed E-state index contributed by atoms with van der Waals surface area (Å²) < 4.78 is 0. The van der Waals surface area contributed by atoms with Crippen LogP contribution in [-0.4, -0.2) is 33.7 Å². The second-order valence-corrected chi connectivity index (χ2v) is 2.41. The summed E-state index contributed by atoms with van der Waals surface area (Å²) in [6.07, 6.45) is 0.104. The van der Waals surface area contributed by atoms with Gasteiger partial charge in [-0.2, -0.15) is 0 Å². The van der Waals surface area contributed by atoms with Crippen LogP contribution in [0.4, 0.5) is 0 Å². The lowest BCUT2D eigenvalue weighted by Crippen LogP contribution is -2.06. The third-order valence-corrected chi connectivity index (χ3v) is 1.11. The molecule has 0 unspecified atom stereocenters. The van der Waals surface area contributed by atoms with Crippen LogP contribution in [0.1, 0.15) is 12.8 Å². The average molecular weight is 200 g/mol. The highest BCUT2D eigenvalue weighted by Gasteiger charge is 2.06. The lowest BCUT2D eigenvalue weighted by Gasteiger charge is -1.88. The largest absolute Gasteiger partial charge is 0.481 e. The number of rotatable bonds is 6. The van der Waals surface area contributed by atoms with Crippen LogP contribution in [0, 0.1) is 0 Å². The molecule has 0 heterocycles. The first kappa shape index (κ1) is 12.0. The van der Waals surface area contributed by atoms with Gasteiger partial charge in [0, 0.05) is 0 Å². The van der Waals surface area contributed by atoms with Crippen molar-refractivity contribution < 1.29 is 29.4 Å². The zero-order valence-electron chi connectivity index (χ0n) is 7.10. The van der Waals surface area contributed by atoms with Gasteiger partial charge in [-0.05, 0) is 12.2 Å². The van der Waals surface area contributed by atoms with E-state index in [4.69, 9.17) is 10.2 Å². The lowest BCUT2D eigenvalue weighted by molar-refractivity contribution is -0.141. The van der Waals surface area contributed by atoms with Gasteiger partial charge in [-0.15, -0.1) is 0 Å². The van der Waals surface area contributed by atoms with Crippen molar-refractivity contribution >= 4 is 23.5 Å². The Morgan fingerprint density at radius 3 is 1.29 bits per heavy atom. The number of hydrogen-bond acceptors (Lipinski definition) is 4. The maximum Gasteiger partial charge on any atom is 0.311 e. The predicted octanol–water partition coefficient (Wildman–Crippen LogP) is -0.370. The molecule has 6 nitrogen and oxygen atoms in total. The maximum absolute atomic E-state index is 10.7. The van der Waals surface area contributed by atoms with Gasteiger partial charge < -0.3 is 10.2 Å². The molecule has 0 aromatic heterocycles. The first-order valence-electron chi connectivity index (χ1n) is 3.59. The maximum atomic E-state index is 10.7. The highest BCUT2D eigenvalue weighted by Crippen LogP contribution is 1.90. The molecule has 0 saturated carbocycles. The van der Waals surface area contributed by atoms with Crippen molar-refractivity contribution in [1.29, 1.82) is 0 Å². The van der Waals surface area contributed by atoms with E-state index in [1.54, 1.807) is 0 Å². The van der Waals surface area contributed by atoms with E-state index >= 15 is 0 Å². The topological polar surface area (TPSA) is 109 Å². The summed E-state index contributed by atoms with van der Waals surface area (Å²) in [6.45, 7) is 0. The molecule has 0 aliphatic carbocycles. The molecule has 0 saturated heterocycles. The third-order valence-electron chi connectivity index (χ3n) is 1.11. The standard InChI is InChI=1S/C8H8O6/c9-5(3-7(11)12)1-2-6(10)4-8(13)14/h1-2H,3-4H2,(H,11,12)(H,13,14). The first-order chi connectivity index (χ1) is 6.41. The number of allylic oxidation sites excluding steroid dienone is 2. The third kappa shape index (κ3) is 6.71. The molecule has 0 aromatic rings. The Bertz CT molecular complexity index is 271. The smallest absolute Gasteiger partial charge is 0.311 e. The average Bonchev–Trinajstić information content (AvgIpc) is 1.98. The molecule has 0 aliphatic heterocycles. The van der Waals surface area contributed by atoms with Gasteiger partial charge in [-0.3, -0.25) is 19.2 Å². The molecule has 0 aromatic carbocycles. The van der Waals surface area contributed by atoms with Gasteiger partial charge in [0.1, 0.15) is 12.8 Å². The minimum absolute atomic E-state index is 0.711. The molecule has 0 atom stereocenters. The van der Waals surface area contributed by atoms with Crippen LogP contribution >= 0.6 is 0 Å². The Morgan fingerprint density at radius 1 is 0.786 bits per heavy atom. The fourth-order valence-corrected chi connectivity index (χ4v) is 0.602. The first-order valence-corrected chi connectivity index (χ1v) is 3.59. The summed E-state index contributed by atoms with van der Waals surface area (Å²) in [6, 6.07) is 0. The van der Waals surface area contributed by atoms with Crippen molar-refractivity contribution in [2.24, 2.45) is 0 Å². The minimum atomic E-state index is -1.30. The van der Waals surface area contributed by atoms with E-state index in [1.165, 1.54) is 0 Å². The van der Waals surface area contributed by atoms with E-state index in [0.29, 0.717) is 0 Å². The molecule has 76 valence electrons. The van der Waals surface area contributed by atoms with Crippen molar-refractivity contribution in [1.82, 2.24) is 0 Å². The number of ketones is 2. The number of aliphatic carboxylic acids is 2. The number of carbonyl (C=O) groups excluding carboxylic acids is 2. The van der Waals surface area contributed by atoms with Gasteiger partial charge in [-0.1, -0.05) is 0 Å². The van der Waals surface area contributed by atoms with Crippen LogP contribution in [0.2, 0.25) is 0 Å². The number of carboxylic acids is 2. The van der Waals surface area contributed by atoms with E-state index in [1.807, 2.05) is 0 Å². The zero-order valence-corrected chi connectivity index (χ0v) is 7.10. The molecule has 0 aliphatic rings. The molecule has 14 heavy (non-hydrogen) atoms. The summed E-state index contributed by atoms with van der Waals surface area (Å²) in [4.78, 5) is 41.3. The van der Waals surface area contributed by atoms with E-state index < -0.39 is 36.3 Å². The van der Waals surface area contributed by atoms with Crippen LogP contribution in [-0.2, 0) is 19.2 Å². The number of hydrogen-bond donors (Lipinski definition) is 2. The summed E-state index contributed by atoms with van der Waals surface area (Å²) in [5.41, 5.74) is 0. The molecule has 0 fully saturated rings. The lowest BCUT2D eigenvalue weighted by atomic mass is 10.2. The van der Waals surface area contributed by atoms with Gasteiger partial charge in [0.15, 0.2) is 11.6 Å². The van der Waals surface area contributed by atoms with Crippen LogP contribution in [0.25, 0.3) is 0 Å². The van der Waals surface area contributed by atoms with Gasteiger partial charge >= 0.3 is 11.9 Å². The zero-order chi connectivity index (χ0) is 11.1. The van der Waals surface area contributed by atoms with Gasteiger partial charge in [0.05, 0.1) is 0 Å². The van der Waals surface area contributed by atoms with Gasteiger partial charge in [-0.25, -0.2) is 0 Å². The Hall–Kier alpha value is -1.98. The highest BCUT2D eigenvalue weighted by atomic mass is 16.4. The van der Waals surface area contributed by atoms with Crippen LogP contribution in [0.15, 0.2) is 12.2 Å². The van der Waals surface area contributed by atoms with Crippen LogP contribution < -0.4 is 0 Å². The molecule has 0 radical (unpaired) electrons. The van der Waals surface area contributed by atoms with Crippen LogP contribution in [0.3, 0.4) is 0 Å². The Morgan fingerprint density at radius 2 is 1.07 bits per heavy atom. The van der Waals surface area contributed by atoms with Crippen molar-refractivity contribution in [3.63, 3.8) is 0 Å². The van der Waals surface area contributed by atoms with Crippen molar-refractivity contribution in [2.75, 3.05) is 0 Å². The monoisotopic (exact) mass is 200 g/mol. The summed E-state index contributed by atoms with van der Waals surface area (Å²) in [5.74, 6) is -4.11. The summed E-state index contributed by atoms with van der Waals surface area (Å²) in [5, 5.41) is 16.3. The molecule has 0 bridgehead atoms. The molecular formula is C8H8O6. The highest BCUT2D eigenvalue weighted by molar-refractivity contribution is 6.07. The number of carboxylic acid groups (broad SMARTS) is 2. The van der Waals surface area contributed by atoms with E-state index in [2.05, 4.69) is 0 Å². The fraction of sp³-hybridized carbons (Fsp3) is 0.250. The molecule has 0 rings (SSSR count). The van der Waals surface area contributed by atoms with E-state index in [-0.39, 0.29) is 0 Å². The van der Waals surface area contributed by atoms with Gasteiger partial charge in [0.2, 0.25) is 0 Å². The Labute approximate surface area is 78.8 Å². The number of carbonyl (C=O) groups is 4. The minimum Gasteiger partial charge on any atom is -0.481 e. The molecule has 0 spiro atoms. The molecule has 2 N–H and O–H groups in total. The Kier molecular flexibility index (Phi) is 4.83.